The van der Waals surface area contributed by atoms with Gasteiger partial charge in [-0.1, -0.05) is 0 Å². The van der Waals surface area contributed by atoms with E-state index in [0.717, 1.165) is 13.3 Å². The molecule has 1 aliphatic rings. The number of rotatable bonds is 3. The van der Waals surface area contributed by atoms with Gasteiger partial charge in [0.05, 0.1) is 13.4 Å². The van der Waals surface area contributed by atoms with E-state index in [2.05, 4.69) is 15.3 Å². The Hall–Kier alpha value is -2.03. The lowest BCUT2D eigenvalue weighted by Crippen LogP contribution is -2.50. The minimum absolute atomic E-state index is 0.313. The molecule has 12 nitrogen and oxygen atoms in total. The summed E-state index contributed by atoms with van der Waals surface area (Å²) in [6.45, 7) is 0. The van der Waals surface area contributed by atoms with Crippen molar-refractivity contribution in [1.82, 2.24) is 15.2 Å². The van der Waals surface area contributed by atoms with E-state index in [1.54, 1.807) is 0 Å². The lowest BCUT2D eigenvalue weighted by Gasteiger charge is -2.20. The Labute approximate surface area is 133 Å². The SMILES string of the molecule is COC1=NC(NC(=O)NN(C)S(C)(=O)=O)=NC(OC)C1=S(=O)=O. The number of carbonyl (C=O) groups is 1. The lowest BCUT2D eigenvalue weighted by molar-refractivity contribution is 0.164. The molecule has 0 aromatic rings. The fourth-order valence-electron chi connectivity index (χ4n) is 1.33. The van der Waals surface area contributed by atoms with Gasteiger partial charge in [0.25, 0.3) is 0 Å². The van der Waals surface area contributed by atoms with Gasteiger partial charge in [-0.3, -0.25) is 10.7 Å². The van der Waals surface area contributed by atoms with Gasteiger partial charge in [0.1, 0.15) is 0 Å². The van der Waals surface area contributed by atoms with E-state index >= 15 is 0 Å². The predicted molar refractivity (Wildman–Crippen MR) is 80.9 cm³/mol. The Kier molecular flexibility index (Phi) is 6.20. The second kappa shape index (κ2) is 7.49. The number of hydrogen-bond acceptors (Lipinski definition) is 9. The topological polar surface area (TPSA) is 156 Å². The highest BCUT2D eigenvalue weighted by atomic mass is 32.2. The largest absolute Gasteiger partial charge is 0.480 e. The molecule has 0 aliphatic carbocycles. The van der Waals surface area contributed by atoms with Crippen molar-refractivity contribution >= 4 is 43.1 Å². The third-order valence-corrected chi connectivity index (χ3v) is 4.28. The molecule has 0 radical (unpaired) electrons. The first-order valence-corrected chi connectivity index (χ1v) is 8.73. The molecule has 0 fully saturated rings. The van der Waals surface area contributed by atoms with Crippen LogP contribution in [0.25, 0.3) is 0 Å². The molecule has 0 spiro atoms. The monoisotopic (exact) mass is 369 g/mol. The number of ether oxygens (including phenoxy) is 2. The van der Waals surface area contributed by atoms with Gasteiger partial charge in [0, 0.05) is 14.2 Å². The van der Waals surface area contributed by atoms with Crippen LogP contribution in [0.2, 0.25) is 0 Å². The van der Waals surface area contributed by atoms with Crippen molar-refractivity contribution in [3.05, 3.63) is 0 Å². The van der Waals surface area contributed by atoms with Crippen molar-refractivity contribution < 1.29 is 31.1 Å². The average molecular weight is 369 g/mol. The van der Waals surface area contributed by atoms with Crippen molar-refractivity contribution in [2.45, 2.75) is 6.23 Å². The average Bonchev–Trinajstić information content (AvgIpc) is 2.44. The molecule has 0 saturated carbocycles. The molecule has 14 heteroatoms. The van der Waals surface area contributed by atoms with Crippen molar-refractivity contribution in [1.29, 1.82) is 0 Å². The minimum Gasteiger partial charge on any atom is -0.480 e. The predicted octanol–water partition coefficient (Wildman–Crippen LogP) is -2.47. The molecule has 2 amide bonds. The summed E-state index contributed by atoms with van der Waals surface area (Å²) in [5.41, 5.74) is 2.00. The van der Waals surface area contributed by atoms with Gasteiger partial charge in [-0.2, -0.15) is 13.4 Å². The van der Waals surface area contributed by atoms with Crippen LogP contribution in [-0.2, 0) is 29.8 Å². The first-order valence-electron chi connectivity index (χ1n) is 5.81. The molecule has 0 bridgehead atoms. The summed E-state index contributed by atoms with van der Waals surface area (Å²) < 4.78 is 55.0. The first kappa shape index (κ1) is 19.0. The zero-order chi connectivity index (χ0) is 17.8. The van der Waals surface area contributed by atoms with Gasteiger partial charge in [0.2, 0.25) is 32.2 Å². The van der Waals surface area contributed by atoms with E-state index < -0.39 is 32.6 Å². The van der Waals surface area contributed by atoms with Crippen LogP contribution in [0.1, 0.15) is 0 Å². The number of nitrogens with zero attached hydrogens (tertiary/aromatic N) is 3. The maximum atomic E-state index is 11.7. The fourth-order valence-corrected chi connectivity index (χ4v) is 2.16. The minimum atomic E-state index is -3.64. The lowest BCUT2D eigenvalue weighted by atomic mass is 10.3. The van der Waals surface area contributed by atoms with Crippen molar-refractivity contribution in [3.8, 4) is 0 Å². The Morgan fingerprint density at radius 1 is 1.35 bits per heavy atom. The Balaban J connectivity index is 3.00. The number of hydrazine groups is 1. The summed E-state index contributed by atoms with van der Waals surface area (Å²) in [7, 11) is -2.84. The number of sulfonamides is 1. The van der Waals surface area contributed by atoms with Crippen LogP contribution in [0.5, 0.6) is 0 Å². The number of aliphatic imine (C=N–C) groups is 2. The van der Waals surface area contributed by atoms with Gasteiger partial charge in [0.15, 0.2) is 11.1 Å². The van der Waals surface area contributed by atoms with Gasteiger partial charge in [-0.15, -0.1) is 4.41 Å². The van der Waals surface area contributed by atoms with Crippen LogP contribution in [0.3, 0.4) is 0 Å². The fraction of sp³-hybridized carbons (Fsp3) is 0.556. The smallest absolute Gasteiger partial charge is 0.336 e. The zero-order valence-electron chi connectivity index (χ0n) is 12.6. The van der Waals surface area contributed by atoms with E-state index in [0.29, 0.717) is 4.41 Å². The number of urea groups is 1. The van der Waals surface area contributed by atoms with Crippen molar-refractivity contribution in [2.24, 2.45) is 9.98 Å². The normalized spacial score (nSPS) is 18.1. The van der Waals surface area contributed by atoms with Crippen LogP contribution < -0.4 is 10.7 Å². The third kappa shape index (κ3) is 4.98. The molecule has 1 atom stereocenters. The Bertz CT molecular complexity index is 775. The molecule has 130 valence electrons. The summed E-state index contributed by atoms with van der Waals surface area (Å²) in [5, 5.41) is 2.14. The standard InChI is InChI=1S/C9H15N5O7S2/c1-14(23(4,18)19)13-9(15)12-8-10-6(20-2)5(22(16)17)7(11-8)21-3/h6H,1-4H3,(H2,10,12,13,15). The highest BCUT2D eigenvalue weighted by Crippen LogP contribution is 2.06. The van der Waals surface area contributed by atoms with Crippen LogP contribution in [0, 0.1) is 0 Å². The third-order valence-electron chi connectivity index (χ3n) is 2.46. The number of methoxy groups -OCH3 is 2. The molecule has 0 saturated heterocycles. The number of amides is 2. The van der Waals surface area contributed by atoms with Gasteiger partial charge in [-0.05, 0) is 0 Å². The first-order chi connectivity index (χ1) is 10.6. The van der Waals surface area contributed by atoms with E-state index in [-0.39, 0.29) is 16.7 Å². The van der Waals surface area contributed by atoms with E-state index in [4.69, 9.17) is 9.47 Å². The molecule has 0 aromatic carbocycles. The Morgan fingerprint density at radius 2 is 1.96 bits per heavy atom. The zero-order valence-corrected chi connectivity index (χ0v) is 14.2. The van der Waals surface area contributed by atoms with E-state index in [1.165, 1.54) is 14.2 Å². The van der Waals surface area contributed by atoms with E-state index in [9.17, 15) is 21.6 Å². The quantitative estimate of drug-likeness (QED) is 0.412. The molecule has 2 N–H and O–H groups in total. The maximum absolute atomic E-state index is 11.7. The van der Waals surface area contributed by atoms with E-state index in [1.807, 2.05) is 5.43 Å². The van der Waals surface area contributed by atoms with Crippen LogP contribution in [0.15, 0.2) is 9.98 Å². The van der Waals surface area contributed by atoms with Crippen LogP contribution in [-0.4, -0.2) is 77.8 Å². The number of hydrogen-bond donors (Lipinski definition) is 2. The summed E-state index contributed by atoms with van der Waals surface area (Å²) in [6, 6.07) is -0.961. The summed E-state index contributed by atoms with van der Waals surface area (Å²) >= 11 is 0. The van der Waals surface area contributed by atoms with Gasteiger partial charge in [-0.25, -0.2) is 18.2 Å². The van der Waals surface area contributed by atoms with Gasteiger partial charge < -0.3 is 9.47 Å². The summed E-state index contributed by atoms with van der Waals surface area (Å²) in [4.78, 5) is 18.8. The summed E-state index contributed by atoms with van der Waals surface area (Å²) in [6.07, 6.45) is -0.373. The molecule has 1 unspecified atom stereocenters. The van der Waals surface area contributed by atoms with Crippen molar-refractivity contribution in [2.75, 3.05) is 27.5 Å². The summed E-state index contributed by atoms with van der Waals surface area (Å²) in [5.74, 6) is -0.630. The molecular formula is C9H15N5O7S2. The number of carbonyl (C=O) groups excluding carboxylic acids is 1. The molecule has 23 heavy (non-hydrogen) atoms. The molecule has 1 heterocycles. The van der Waals surface area contributed by atoms with Crippen molar-refractivity contribution in [3.63, 3.8) is 0 Å². The number of nitrogens with one attached hydrogen (secondary N) is 2. The molecular weight excluding hydrogens is 354 g/mol. The van der Waals surface area contributed by atoms with Crippen LogP contribution in [0.4, 0.5) is 4.79 Å². The second-order valence-corrected chi connectivity index (χ2v) is 6.98. The second-order valence-electron chi connectivity index (χ2n) is 4.06. The molecule has 1 aliphatic heterocycles. The highest BCUT2D eigenvalue weighted by molar-refractivity contribution is 7.88. The Morgan fingerprint density at radius 3 is 2.39 bits per heavy atom. The molecule has 0 aromatic heterocycles. The number of guanidine groups is 1. The maximum Gasteiger partial charge on any atom is 0.336 e. The highest BCUT2D eigenvalue weighted by Gasteiger charge is 2.29. The van der Waals surface area contributed by atoms with Crippen LogP contribution >= 0.6 is 0 Å². The van der Waals surface area contributed by atoms with Gasteiger partial charge >= 0.3 is 6.03 Å². The molecule has 1 rings (SSSR count).